The van der Waals surface area contributed by atoms with Gasteiger partial charge in [0.2, 0.25) is 5.91 Å². The van der Waals surface area contributed by atoms with Crippen LogP contribution in [0.25, 0.3) is 0 Å². The van der Waals surface area contributed by atoms with E-state index in [0.717, 1.165) is 18.4 Å². The molecule has 2 aliphatic rings. The molecule has 2 amide bonds. The molecule has 0 saturated carbocycles. The summed E-state index contributed by atoms with van der Waals surface area (Å²) in [4.78, 5) is 28.2. The number of carbonyl (C=O) groups excluding carboxylic acids is 2. The Labute approximate surface area is 130 Å². The Hall–Kier alpha value is -2.14. The van der Waals surface area contributed by atoms with E-state index in [9.17, 15) is 9.59 Å². The topological polar surface area (TPSA) is 52.7 Å². The molecule has 2 saturated heterocycles. The fraction of sp³-hybridized carbons (Fsp3) is 0.412. The summed E-state index contributed by atoms with van der Waals surface area (Å²) < 4.78 is 0. The molecule has 5 nitrogen and oxygen atoms in total. The molecule has 22 heavy (non-hydrogen) atoms. The molecule has 1 aromatic carbocycles. The number of hydrogen-bond acceptors (Lipinski definition) is 3. The molecular formula is C17H21N3O2. The van der Waals surface area contributed by atoms with Gasteiger partial charge in [-0.05, 0) is 12.1 Å². The number of likely N-dealkylation sites (tertiary alicyclic amines) is 1. The standard InChI is InChI=1S/C17H21N3O2/c1-2-10-20-15(21)13-18-17(20)8-11-19(12-9-17)16(22)14-6-4-3-5-7-14/h2-7,18H,1,8-13H2. The molecule has 2 heterocycles. The molecule has 0 aliphatic carbocycles. The van der Waals surface area contributed by atoms with Crippen molar-refractivity contribution in [2.45, 2.75) is 18.5 Å². The van der Waals surface area contributed by atoms with Crippen molar-refractivity contribution in [3.8, 4) is 0 Å². The van der Waals surface area contributed by atoms with Gasteiger partial charge in [0, 0.05) is 38.0 Å². The molecule has 3 rings (SSSR count). The Balaban J connectivity index is 1.69. The highest BCUT2D eigenvalue weighted by Crippen LogP contribution is 2.30. The van der Waals surface area contributed by atoms with Gasteiger partial charge in [0.1, 0.15) is 0 Å². The third-order valence-electron chi connectivity index (χ3n) is 4.60. The van der Waals surface area contributed by atoms with Gasteiger partial charge in [0.05, 0.1) is 12.2 Å². The van der Waals surface area contributed by atoms with Crippen molar-refractivity contribution in [1.82, 2.24) is 15.1 Å². The van der Waals surface area contributed by atoms with E-state index >= 15 is 0 Å². The van der Waals surface area contributed by atoms with Crippen LogP contribution in [0.15, 0.2) is 43.0 Å². The monoisotopic (exact) mass is 299 g/mol. The van der Waals surface area contributed by atoms with E-state index in [4.69, 9.17) is 0 Å². The first kappa shape index (κ1) is 14.8. The zero-order valence-electron chi connectivity index (χ0n) is 12.6. The van der Waals surface area contributed by atoms with Gasteiger partial charge in [0.25, 0.3) is 5.91 Å². The van der Waals surface area contributed by atoms with Crippen LogP contribution >= 0.6 is 0 Å². The van der Waals surface area contributed by atoms with Gasteiger partial charge in [0.15, 0.2) is 0 Å². The number of amides is 2. The largest absolute Gasteiger partial charge is 0.338 e. The summed E-state index contributed by atoms with van der Waals surface area (Å²) in [5.74, 6) is 0.179. The lowest BCUT2D eigenvalue weighted by Crippen LogP contribution is -2.59. The lowest BCUT2D eigenvalue weighted by atomic mass is 9.95. The van der Waals surface area contributed by atoms with E-state index < -0.39 is 0 Å². The average molecular weight is 299 g/mol. The van der Waals surface area contributed by atoms with E-state index in [1.54, 1.807) is 6.08 Å². The number of rotatable bonds is 3. The first-order chi connectivity index (χ1) is 10.7. The van der Waals surface area contributed by atoms with E-state index in [0.29, 0.717) is 26.2 Å². The molecule has 0 unspecified atom stereocenters. The Bertz CT molecular complexity index is 577. The smallest absolute Gasteiger partial charge is 0.253 e. The van der Waals surface area contributed by atoms with Crippen molar-refractivity contribution in [3.05, 3.63) is 48.6 Å². The van der Waals surface area contributed by atoms with Crippen molar-refractivity contribution in [1.29, 1.82) is 0 Å². The SMILES string of the molecule is C=CCN1C(=O)CNC12CCN(C(=O)c1ccccc1)CC2. The van der Waals surface area contributed by atoms with E-state index in [1.807, 2.05) is 40.1 Å². The minimum atomic E-state index is -0.307. The molecule has 0 aromatic heterocycles. The second kappa shape index (κ2) is 5.93. The average Bonchev–Trinajstić information content (AvgIpc) is 2.86. The fourth-order valence-electron chi connectivity index (χ4n) is 3.37. The summed E-state index contributed by atoms with van der Waals surface area (Å²) in [6.45, 7) is 5.97. The number of benzene rings is 1. The molecule has 0 atom stereocenters. The maximum absolute atomic E-state index is 12.5. The van der Waals surface area contributed by atoms with E-state index in [-0.39, 0.29) is 17.5 Å². The lowest BCUT2D eigenvalue weighted by Gasteiger charge is -2.44. The molecule has 116 valence electrons. The minimum Gasteiger partial charge on any atom is -0.338 e. The summed E-state index contributed by atoms with van der Waals surface area (Å²) >= 11 is 0. The van der Waals surface area contributed by atoms with Crippen LogP contribution in [-0.2, 0) is 4.79 Å². The van der Waals surface area contributed by atoms with Crippen LogP contribution in [-0.4, -0.2) is 53.5 Å². The van der Waals surface area contributed by atoms with E-state index in [2.05, 4.69) is 11.9 Å². The Kier molecular flexibility index (Phi) is 3.98. The van der Waals surface area contributed by atoms with Crippen LogP contribution in [0.4, 0.5) is 0 Å². The maximum atomic E-state index is 12.5. The van der Waals surface area contributed by atoms with Crippen LogP contribution in [0.2, 0.25) is 0 Å². The Morgan fingerprint density at radius 3 is 2.59 bits per heavy atom. The highest BCUT2D eigenvalue weighted by atomic mass is 16.2. The van der Waals surface area contributed by atoms with Gasteiger partial charge >= 0.3 is 0 Å². The molecular weight excluding hydrogens is 278 g/mol. The lowest BCUT2D eigenvalue weighted by molar-refractivity contribution is -0.130. The highest BCUT2D eigenvalue weighted by Gasteiger charge is 2.46. The van der Waals surface area contributed by atoms with Crippen LogP contribution in [0.5, 0.6) is 0 Å². The molecule has 1 N–H and O–H groups in total. The first-order valence-corrected chi connectivity index (χ1v) is 7.67. The summed E-state index contributed by atoms with van der Waals surface area (Å²) in [5, 5.41) is 3.35. The summed E-state index contributed by atoms with van der Waals surface area (Å²) in [7, 11) is 0. The Morgan fingerprint density at radius 2 is 1.95 bits per heavy atom. The van der Waals surface area contributed by atoms with E-state index in [1.165, 1.54) is 0 Å². The normalized spacial score (nSPS) is 20.5. The molecule has 2 aliphatic heterocycles. The maximum Gasteiger partial charge on any atom is 0.253 e. The van der Waals surface area contributed by atoms with Crippen molar-refractivity contribution in [3.63, 3.8) is 0 Å². The van der Waals surface area contributed by atoms with Gasteiger partial charge in [-0.1, -0.05) is 24.3 Å². The number of hydrogen-bond donors (Lipinski definition) is 1. The quantitative estimate of drug-likeness (QED) is 0.854. The summed E-state index contributed by atoms with van der Waals surface area (Å²) in [6.07, 6.45) is 3.27. The first-order valence-electron chi connectivity index (χ1n) is 7.67. The minimum absolute atomic E-state index is 0.0649. The molecule has 1 spiro atoms. The molecule has 2 fully saturated rings. The zero-order valence-corrected chi connectivity index (χ0v) is 12.6. The van der Waals surface area contributed by atoms with Gasteiger partial charge in [-0.3, -0.25) is 14.9 Å². The second-order valence-corrected chi connectivity index (χ2v) is 5.84. The van der Waals surface area contributed by atoms with Crippen molar-refractivity contribution < 1.29 is 9.59 Å². The van der Waals surface area contributed by atoms with Gasteiger partial charge in [-0.2, -0.15) is 0 Å². The highest BCUT2D eigenvalue weighted by molar-refractivity contribution is 5.94. The van der Waals surface area contributed by atoms with Gasteiger partial charge < -0.3 is 9.80 Å². The van der Waals surface area contributed by atoms with Crippen molar-refractivity contribution >= 4 is 11.8 Å². The number of piperidine rings is 1. The second-order valence-electron chi connectivity index (χ2n) is 5.84. The predicted molar refractivity (Wildman–Crippen MR) is 84.2 cm³/mol. The molecule has 0 bridgehead atoms. The fourth-order valence-corrected chi connectivity index (χ4v) is 3.37. The third-order valence-corrected chi connectivity index (χ3v) is 4.60. The van der Waals surface area contributed by atoms with Crippen LogP contribution in [0.3, 0.4) is 0 Å². The van der Waals surface area contributed by atoms with Crippen molar-refractivity contribution in [2.75, 3.05) is 26.2 Å². The number of nitrogens with one attached hydrogen (secondary N) is 1. The van der Waals surface area contributed by atoms with Crippen LogP contribution in [0, 0.1) is 0 Å². The van der Waals surface area contributed by atoms with Crippen LogP contribution in [0.1, 0.15) is 23.2 Å². The molecule has 5 heteroatoms. The third kappa shape index (κ3) is 2.52. The number of nitrogens with zero attached hydrogens (tertiary/aromatic N) is 2. The summed E-state index contributed by atoms with van der Waals surface area (Å²) in [6, 6.07) is 9.34. The predicted octanol–water partition coefficient (Wildman–Crippen LogP) is 1.24. The van der Waals surface area contributed by atoms with Gasteiger partial charge in [-0.25, -0.2) is 0 Å². The summed E-state index contributed by atoms with van der Waals surface area (Å²) in [5.41, 5.74) is 0.413. The van der Waals surface area contributed by atoms with Crippen molar-refractivity contribution in [2.24, 2.45) is 0 Å². The molecule has 0 radical (unpaired) electrons. The van der Waals surface area contributed by atoms with Gasteiger partial charge in [-0.15, -0.1) is 6.58 Å². The number of carbonyl (C=O) groups is 2. The molecule has 1 aromatic rings. The van der Waals surface area contributed by atoms with Crippen LogP contribution < -0.4 is 5.32 Å². The Morgan fingerprint density at radius 1 is 1.27 bits per heavy atom. The zero-order chi connectivity index (χ0) is 15.6.